The summed E-state index contributed by atoms with van der Waals surface area (Å²) in [5, 5.41) is 2.83. The topological polar surface area (TPSA) is 75.4 Å². The van der Waals surface area contributed by atoms with Crippen LogP contribution >= 0.6 is 12.4 Å². The zero-order valence-corrected chi connectivity index (χ0v) is 13.9. The van der Waals surface area contributed by atoms with Gasteiger partial charge in [-0.05, 0) is 31.9 Å². The zero-order chi connectivity index (χ0) is 15.4. The molecular weight excluding hydrogens is 302 g/mol. The number of hydrogen-bond donors (Lipinski definition) is 2. The van der Waals surface area contributed by atoms with Gasteiger partial charge in [-0.15, -0.1) is 12.4 Å². The fraction of sp³-hybridized carbons (Fsp3) is 0.500. The predicted octanol–water partition coefficient (Wildman–Crippen LogP) is 2.27. The summed E-state index contributed by atoms with van der Waals surface area (Å²) < 4.78 is 0. The third-order valence-electron chi connectivity index (χ3n) is 4.01. The molecule has 6 heteroatoms. The Morgan fingerprint density at radius 3 is 2.36 bits per heavy atom. The van der Waals surface area contributed by atoms with E-state index in [4.69, 9.17) is 5.73 Å². The normalized spacial score (nSPS) is 16.6. The van der Waals surface area contributed by atoms with Gasteiger partial charge in [0.2, 0.25) is 5.91 Å². The summed E-state index contributed by atoms with van der Waals surface area (Å²) in [7, 11) is 0. The smallest absolute Gasteiger partial charge is 0.255 e. The molecule has 0 radical (unpaired) electrons. The molecule has 2 atom stereocenters. The van der Waals surface area contributed by atoms with E-state index in [2.05, 4.69) is 5.32 Å². The molecule has 2 rings (SSSR count). The van der Waals surface area contributed by atoms with Gasteiger partial charge in [0.25, 0.3) is 5.91 Å². The van der Waals surface area contributed by atoms with Crippen LogP contribution in [0.1, 0.15) is 37.0 Å². The minimum Gasteiger partial charge on any atom is -0.339 e. The number of benzene rings is 1. The van der Waals surface area contributed by atoms with Crippen LogP contribution in [-0.2, 0) is 4.79 Å². The van der Waals surface area contributed by atoms with Crippen molar-refractivity contribution in [3.05, 3.63) is 29.8 Å². The van der Waals surface area contributed by atoms with Crippen molar-refractivity contribution in [2.45, 2.75) is 32.7 Å². The molecule has 0 aromatic heterocycles. The number of carbonyl (C=O) groups is 2. The quantitative estimate of drug-likeness (QED) is 0.891. The highest BCUT2D eigenvalue weighted by Crippen LogP contribution is 2.21. The molecule has 2 amide bonds. The van der Waals surface area contributed by atoms with Crippen molar-refractivity contribution in [1.29, 1.82) is 0 Å². The third kappa shape index (κ3) is 4.21. The molecule has 3 N–H and O–H groups in total. The van der Waals surface area contributed by atoms with Gasteiger partial charge in [-0.3, -0.25) is 9.59 Å². The molecule has 0 saturated carbocycles. The molecule has 1 aromatic carbocycles. The fourth-order valence-corrected chi connectivity index (χ4v) is 2.35. The molecule has 1 heterocycles. The van der Waals surface area contributed by atoms with Gasteiger partial charge in [0.15, 0.2) is 0 Å². The lowest BCUT2D eigenvalue weighted by Gasteiger charge is -2.20. The maximum absolute atomic E-state index is 12.5. The van der Waals surface area contributed by atoms with Gasteiger partial charge in [-0.1, -0.05) is 19.1 Å². The van der Waals surface area contributed by atoms with Crippen LogP contribution in [0.5, 0.6) is 0 Å². The van der Waals surface area contributed by atoms with Gasteiger partial charge in [-0.25, -0.2) is 0 Å². The van der Waals surface area contributed by atoms with E-state index in [0.717, 1.165) is 25.9 Å². The van der Waals surface area contributed by atoms with Gasteiger partial charge < -0.3 is 16.0 Å². The molecule has 0 aliphatic carbocycles. The maximum atomic E-state index is 12.5. The van der Waals surface area contributed by atoms with E-state index in [9.17, 15) is 9.59 Å². The number of amides is 2. The first-order chi connectivity index (χ1) is 10.0. The van der Waals surface area contributed by atoms with Crippen LogP contribution in [-0.4, -0.2) is 35.8 Å². The maximum Gasteiger partial charge on any atom is 0.255 e. The highest BCUT2D eigenvalue weighted by atomic mass is 35.5. The highest BCUT2D eigenvalue weighted by molar-refractivity contribution is 6.04. The second-order valence-corrected chi connectivity index (χ2v) is 5.68. The van der Waals surface area contributed by atoms with E-state index < -0.39 is 0 Å². The number of likely N-dealkylation sites (tertiary alicyclic amines) is 1. The first kappa shape index (κ1) is 18.5. The number of carbonyl (C=O) groups excluding carboxylic acids is 2. The molecule has 22 heavy (non-hydrogen) atoms. The molecule has 1 aliphatic heterocycles. The summed E-state index contributed by atoms with van der Waals surface area (Å²) in [5.41, 5.74) is 6.86. The first-order valence-electron chi connectivity index (χ1n) is 7.45. The molecular formula is C16H24ClN3O2. The predicted molar refractivity (Wildman–Crippen MR) is 90.3 cm³/mol. The number of nitrogens with one attached hydrogen (secondary N) is 1. The van der Waals surface area contributed by atoms with Crippen LogP contribution in [0.3, 0.4) is 0 Å². The van der Waals surface area contributed by atoms with Crippen LogP contribution in [0.25, 0.3) is 0 Å². The van der Waals surface area contributed by atoms with Gasteiger partial charge in [0.1, 0.15) is 0 Å². The van der Waals surface area contributed by atoms with Crippen LogP contribution in [0.15, 0.2) is 24.3 Å². The molecule has 2 unspecified atom stereocenters. The Morgan fingerprint density at radius 2 is 1.77 bits per heavy atom. The van der Waals surface area contributed by atoms with Gasteiger partial charge in [0, 0.05) is 19.1 Å². The molecule has 0 bridgehead atoms. The van der Waals surface area contributed by atoms with E-state index in [0.29, 0.717) is 11.3 Å². The molecule has 1 aliphatic rings. The lowest BCUT2D eigenvalue weighted by atomic mass is 10.0. The Bertz CT molecular complexity index is 528. The van der Waals surface area contributed by atoms with Crippen LogP contribution < -0.4 is 11.1 Å². The van der Waals surface area contributed by atoms with E-state index >= 15 is 0 Å². The molecule has 1 saturated heterocycles. The Balaban J connectivity index is 0.00000242. The number of para-hydroxylation sites is 1. The fourth-order valence-electron chi connectivity index (χ4n) is 2.35. The Labute approximate surface area is 137 Å². The van der Waals surface area contributed by atoms with Crippen LogP contribution in [0.4, 0.5) is 5.69 Å². The highest BCUT2D eigenvalue weighted by Gasteiger charge is 2.23. The lowest BCUT2D eigenvalue weighted by Crippen LogP contribution is -2.35. The van der Waals surface area contributed by atoms with E-state index in [1.54, 1.807) is 26.0 Å². The molecule has 5 nitrogen and oxygen atoms in total. The van der Waals surface area contributed by atoms with Gasteiger partial charge in [-0.2, -0.15) is 0 Å². The van der Waals surface area contributed by atoms with Crippen molar-refractivity contribution in [2.75, 3.05) is 18.4 Å². The third-order valence-corrected chi connectivity index (χ3v) is 4.01. The number of anilines is 1. The summed E-state index contributed by atoms with van der Waals surface area (Å²) >= 11 is 0. The van der Waals surface area contributed by atoms with Crippen molar-refractivity contribution in [3.63, 3.8) is 0 Å². The van der Waals surface area contributed by atoms with Crippen molar-refractivity contribution in [1.82, 2.24) is 4.90 Å². The lowest BCUT2D eigenvalue weighted by molar-refractivity contribution is -0.119. The number of hydrogen-bond acceptors (Lipinski definition) is 3. The monoisotopic (exact) mass is 325 g/mol. The Kier molecular flexibility index (Phi) is 6.84. The zero-order valence-electron chi connectivity index (χ0n) is 13.0. The second-order valence-electron chi connectivity index (χ2n) is 5.68. The second kappa shape index (κ2) is 8.15. The summed E-state index contributed by atoms with van der Waals surface area (Å²) in [6.45, 7) is 5.16. The number of halogens is 1. The van der Waals surface area contributed by atoms with E-state index in [1.165, 1.54) is 0 Å². The SMILES string of the molecule is CC(N)C(C)C(=O)Nc1ccccc1C(=O)N1CCCC1.Cl. The molecule has 1 aromatic rings. The van der Waals surface area contributed by atoms with Gasteiger partial charge in [0.05, 0.1) is 17.2 Å². The summed E-state index contributed by atoms with van der Waals surface area (Å²) in [6.07, 6.45) is 2.09. The summed E-state index contributed by atoms with van der Waals surface area (Å²) in [5.74, 6) is -0.483. The average molecular weight is 326 g/mol. The number of nitrogens with zero attached hydrogens (tertiary/aromatic N) is 1. The van der Waals surface area contributed by atoms with Crippen molar-refractivity contribution < 1.29 is 9.59 Å². The van der Waals surface area contributed by atoms with Crippen LogP contribution in [0, 0.1) is 5.92 Å². The number of nitrogens with two attached hydrogens (primary N) is 1. The van der Waals surface area contributed by atoms with Crippen molar-refractivity contribution >= 4 is 29.9 Å². The standard InChI is InChI=1S/C16H23N3O2.ClH/c1-11(12(2)17)15(20)18-14-8-4-3-7-13(14)16(21)19-9-5-6-10-19;/h3-4,7-8,11-12H,5-6,9-10,17H2,1-2H3,(H,18,20);1H. The van der Waals surface area contributed by atoms with Crippen LogP contribution in [0.2, 0.25) is 0 Å². The molecule has 0 spiro atoms. The summed E-state index contributed by atoms with van der Waals surface area (Å²) in [6, 6.07) is 6.91. The van der Waals surface area contributed by atoms with E-state index in [-0.39, 0.29) is 36.2 Å². The minimum absolute atomic E-state index is 0. The Hall–Kier alpha value is -1.59. The Morgan fingerprint density at radius 1 is 1.18 bits per heavy atom. The molecule has 122 valence electrons. The van der Waals surface area contributed by atoms with E-state index in [1.807, 2.05) is 17.0 Å². The first-order valence-corrected chi connectivity index (χ1v) is 7.45. The number of rotatable bonds is 4. The molecule has 1 fully saturated rings. The minimum atomic E-state index is -0.306. The largest absolute Gasteiger partial charge is 0.339 e. The van der Waals surface area contributed by atoms with Crippen molar-refractivity contribution in [3.8, 4) is 0 Å². The summed E-state index contributed by atoms with van der Waals surface area (Å²) in [4.78, 5) is 26.5. The van der Waals surface area contributed by atoms with Crippen molar-refractivity contribution in [2.24, 2.45) is 11.7 Å². The average Bonchev–Trinajstić information content (AvgIpc) is 3.00. The van der Waals surface area contributed by atoms with Gasteiger partial charge >= 0.3 is 0 Å².